The Morgan fingerprint density at radius 2 is 2.41 bits per heavy atom. The van der Waals surface area contributed by atoms with Crippen molar-refractivity contribution in [3.05, 3.63) is 28.9 Å². The van der Waals surface area contributed by atoms with E-state index in [-0.39, 0.29) is 5.76 Å². The first-order valence-electron chi connectivity index (χ1n) is 4.93. The third-order valence-corrected chi connectivity index (χ3v) is 2.90. The molecule has 2 aromatic rings. The van der Waals surface area contributed by atoms with Crippen LogP contribution >= 0.6 is 11.3 Å². The molecule has 2 aromatic heterocycles. The van der Waals surface area contributed by atoms with E-state index in [1.54, 1.807) is 19.2 Å². The number of carbonyl (C=O) groups is 1. The van der Waals surface area contributed by atoms with Gasteiger partial charge < -0.3 is 9.52 Å². The zero-order valence-corrected chi connectivity index (χ0v) is 10.1. The molecule has 0 bridgehead atoms. The van der Waals surface area contributed by atoms with E-state index < -0.39 is 12.0 Å². The highest BCUT2D eigenvalue weighted by Crippen LogP contribution is 2.21. The summed E-state index contributed by atoms with van der Waals surface area (Å²) in [6.45, 7) is 3.29. The van der Waals surface area contributed by atoms with Crippen molar-refractivity contribution < 1.29 is 14.3 Å². The molecule has 0 radical (unpaired) electrons. The molecule has 0 aliphatic heterocycles. The van der Waals surface area contributed by atoms with Gasteiger partial charge in [-0.1, -0.05) is 0 Å². The lowest BCUT2D eigenvalue weighted by molar-refractivity contribution is 0.0995. The van der Waals surface area contributed by atoms with Gasteiger partial charge in [0.25, 0.3) is 5.91 Å². The van der Waals surface area contributed by atoms with Crippen LogP contribution in [-0.2, 0) is 0 Å². The molecule has 6 nitrogen and oxygen atoms in total. The van der Waals surface area contributed by atoms with Crippen LogP contribution < -0.4 is 5.32 Å². The molecule has 7 heteroatoms. The van der Waals surface area contributed by atoms with Crippen molar-refractivity contribution in [2.45, 2.75) is 20.0 Å². The molecule has 0 fully saturated rings. The number of nitrogens with zero attached hydrogens (tertiary/aromatic N) is 2. The summed E-state index contributed by atoms with van der Waals surface area (Å²) in [6, 6.07) is 0. The highest BCUT2D eigenvalue weighted by molar-refractivity contribution is 7.14. The number of amides is 1. The minimum atomic E-state index is -0.649. The molecular formula is C10H11N3O3S. The van der Waals surface area contributed by atoms with Crippen LogP contribution in [0.5, 0.6) is 0 Å². The van der Waals surface area contributed by atoms with Gasteiger partial charge in [-0.3, -0.25) is 10.1 Å². The monoisotopic (exact) mass is 253 g/mol. The first kappa shape index (κ1) is 11.7. The number of aromatic nitrogens is 2. The first-order chi connectivity index (χ1) is 8.08. The minimum Gasteiger partial charge on any atom is -0.438 e. The summed E-state index contributed by atoms with van der Waals surface area (Å²) in [7, 11) is 0. The topological polar surface area (TPSA) is 88.3 Å². The van der Waals surface area contributed by atoms with Crippen LogP contribution in [0.25, 0.3) is 0 Å². The fourth-order valence-electron chi connectivity index (χ4n) is 1.21. The predicted molar refractivity (Wildman–Crippen MR) is 61.9 cm³/mol. The number of hydrogen-bond donors (Lipinski definition) is 2. The third kappa shape index (κ3) is 2.51. The number of thiazole rings is 1. The van der Waals surface area contributed by atoms with Gasteiger partial charge in [0, 0.05) is 5.38 Å². The van der Waals surface area contributed by atoms with Crippen molar-refractivity contribution in [1.82, 2.24) is 9.97 Å². The van der Waals surface area contributed by atoms with Crippen molar-refractivity contribution >= 4 is 22.4 Å². The van der Waals surface area contributed by atoms with Crippen molar-refractivity contribution in [2.24, 2.45) is 0 Å². The zero-order chi connectivity index (χ0) is 12.4. The predicted octanol–water partition coefficient (Wildman–Crippen LogP) is 1.75. The van der Waals surface area contributed by atoms with Crippen molar-refractivity contribution in [1.29, 1.82) is 0 Å². The summed E-state index contributed by atoms with van der Waals surface area (Å²) in [4.78, 5) is 19.6. The van der Waals surface area contributed by atoms with Gasteiger partial charge in [0.2, 0.25) is 5.76 Å². The number of aryl methyl sites for hydroxylation is 1. The van der Waals surface area contributed by atoms with E-state index in [2.05, 4.69) is 15.3 Å². The van der Waals surface area contributed by atoms with Crippen LogP contribution in [0, 0.1) is 6.92 Å². The molecule has 1 atom stereocenters. The van der Waals surface area contributed by atoms with Crippen LogP contribution in [0.4, 0.5) is 5.13 Å². The van der Waals surface area contributed by atoms with E-state index in [9.17, 15) is 9.90 Å². The summed E-state index contributed by atoms with van der Waals surface area (Å²) in [5.41, 5.74) is 1.05. The third-order valence-electron chi connectivity index (χ3n) is 2.12. The molecule has 2 heterocycles. The number of aliphatic hydroxyl groups excluding tert-OH is 1. The van der Waals surface area contributed by atoms with E-state index in [1.165, 1.54) is 17.7 Å². The maximum Gasteiger partial charge on any atom is 0.295 e. The van der Waals surface area contributed by atoms with Crippen LogP contribution in [0.3, 0.4) is 0 Å². The molecule has 1 amide bonds. The Bertz CT molecular complexity index is 532. The molecule has 0 spiro atoms. The summed E-state index contributed by atoms with van der Waals surface area (Å²) in [5, 5.41) is 14.0. The Kier molecular flexibility index (Phi) is 3.21. The van der Waals surface area contributed by atoms with Gasteiger partial charge in [-0.15, -0.1) is 11.3 Å². The minimum absolute atomic E-state index is 0.166. The molecule has 2 N–H and O–H groups in total. The molecule has 17 heavy (non-hydrogen) atoms. The highest BCUT2D eigenvalue weighted by Gasteiger charge is 2.16. The molecule has 0 aromatic carbocycles. The Hall–Kier alpha value is -1.73. The number of anilines is 1. The summed E-state index contributed by atoms with van der Waals surface area (Å²) >= 11 is 1.24. The van der Waals surface area contributed by atoms with Crippen LogP contribution in [0.2, 0.25) is 0 Å². The van der Waals surface area contributed by atoms with Gasteiger partial charge in [-0.2, -0.15) is 0 Å². The van der Waals surface area contributed by atoms with Crippen LogP contribution in [-0.4, -0.2) is 21.0 Å². The van der Waals surface area contributed by atoms with Gasteiger partial charge in [-0.25, -0.2) is 9.97 Å². The van der Waals surface area contributed by atoms with Crippen LogP contribution in [0.1, 0.15) is 35.0 Å². The number of hydrogen-bond acceptors (Lipinski definition) is 6. The van der Waals surface area contributed by atoms with Crippen molar-refractivity contribution in [2.75, 3.05) is 5.32 Å². The standard InChI is InChI=1S/C10H11N3O3S/c1-5-8(16-4-11-5)9(15)13-10-12-7(3-17-10)6(2)14/h3-4,6,14H,1-2H3,(H,12,13,15). The largest absolute Gasteiger partial charge is 0.438 e. The van der Waals surface area contributed by atoms with Gasteiger partial charge in [0.15, 0.2) is 11.5 Å². The maximum absolute atomic E-state index is 11.7. The first-order valence-corrected chi connectivity index (χ1v) is 5.81. The Morgan fingerprint density at radius 3 is 2.94 bits per heavy atom. The quantitative estimate of drug-likeness (QED) is 0.869. The summed E-state index contributed by atoms with van der Waals surface area (Å²) in [5.74, 6) is -0.231. The summed E-state index contributed by atoms with van der Waals surface area (Å²) in [6.07, 6.45) is 0.566. The van der Waals surface area contributed by atoms with E-state index in [0.29, 0.717) is 16.5 Å². The normalized spacial score (nSPS) is 12.4. The number of carbonyl (C=O) groups excluding carboxylic acids is 1. The number of nitrogens with one attached hydrogen (secondary N) is 1. The Labute approximate surface area is 101 Å². The molecule has 0 aliphatic carbocycles. The molecule has 0 aliphatic rings. The van der Waals surface area contributed by atoms with Gasteiger partial charge >= 0.3 is 0 Å². The average molecular weight is 253 g/mol. The fourth-order valence-corrected chi connectivity index (χ4v) is 2.00. The number of oxazole rings is 1. The van der Waals surface area contributed by atoms with E-state index in [1.807, 2.05) is 0 Å². The Balaban J connectivity index is 2.11. The molecular weight excluding hydrogens is 242 g/mol. The van der Waals surface area contributed by atoms with E-state index in [0.717, 1.165) is 0 Å². The molecule has 1 unspecified atom stereocenters. The Morgan fingerprint density at radius 1 is 1.65 bits per heavy atom. The smallest absolute Gasteiger partial charge is 0.295 e. The second kappa shape index (κ2) is 4.64. The molecule has 0 saturated heterocycles. The lowest BCUT2D eigenvalue weighted by Gasteiger charge is -1.99. The summed E-state index contributed by atoms with van der Waals surface area (Å²) < 4.78 is 4.96. The van der Waals surface area contributed by atoms with Gasteiger partial charge in [-0.05, 0) is 13.8 Å². The van der Waals surface area contributed by atoms with Gasteiger partial charge in [0.1, 0.15) is 0 Å². The lowest BCUT2D eigenvalue weighted by atomic mass is 10.3. The zero-order valence-electron chi connectivity index (χ0n) is 9.30. The van der Waals surface area contributed by atoms with Crippen LogP contribution in [0.15, 0.2) is 16.2 Å². The second-order valence-electron chi connectivity index (χ2n) is 3.47. The fraction of sp³-hybridized carbons (Fsp3) is 0.300. The van der Waals surface area contributed by atoms with E-state index in [4.69, 9.17) is 4.42 Å². The molecule has 90 valence electrons. The lowest BCUT2D eigenvalue weighted by Crippen LogP contribution is -2.12. The van der Waals surface area contributed by atoms with Crippen molar-refractivity contribution in [3.8, 4) is 0 Å². The number of aliphatic hydroxyl groups is 1. The SMILES string of the molecule is Cc1ncoc1C(=O)Nc1nc(C(C)O)cs1. The molecule has 0 saturated carbocycles. The highest BCUT2D eigenvalue weighted by atomic mass is 32.1. The van der Waals surface area contributed by atoms with E-state index >= 15 is 0 Å². The molecule has 2 rings (SSSR count). The number of rotatable bonds is 3. The van der Waals surface area contributed by atoms with Crippen molar-refractivity contribution in [3.63, 3.8) is 0 Å². The van der Waals surface area contributed by atoms with Gasteiger partial charge in [0.05, 0.1) is 17.5 Å². The average Bonchev–Trinajstić information content (AvgIpc) is 2.86. The second-order valence-corrected chi connectivity index (χ2v) is 4.33. The maximum atomic E-state index is 11.7.